The van der Waals surface area contributed by atoms with Gasteiger partial charge in [0, 0.05) is 10.4 Å². The second-order valence-electron chi connectivity index (χ2n) is 6.27. The van der Waals surface area contributed by atoms with Gasteiger partial charge >= 0.3 is 5.97 Å². The summed E-state index contributed by atoms with van der Waals surface area (Å²) >= 11 is 3.39. The second kappa shape index (κ2) is 6.93. The molecular weight excluding hydrogens is 330 g/mol. The molecular formula is C17H23BrNO2+. The van der Waals surface area contributed by atoms with Gasteiger partial charge in [0.05, 0.1) is 24.7 Å². The Labute approximate surface area is 134 Å². The zero-order valence-corrected chi connectivity index (χ0v) is 13.9. The minimum absolute atomic E-state index is 0.195. The molecule has 1 aromatic rings. The maximum Gasteiger partial charge on any atom is 0.338 e. The summed E-state index contributed by atoms with van der Waals surface area (Å²) in [5.41, 5.74) is 0.632. The second-order valence-corrected chi connectivity index (χ2v) is 7.19. The van der Waals surface area contributed by atoms with Crippen molar-refractivity contribution in [3.63, 3.8) is 0 Å². The molecule has 0 radical (unpaired) electrons. The van der Waals surface area contributed by atoms with Crippen LogP contribution >= 0.6 is 15.9 Å². The molecule has 1 N–H and O–H groups in total. The van der Waals surface area contributed by atoms with Gasteiger partial charge in [-0.3, -0.25) is 0 Å². The van der Waals surface area contributed by atoms with Crippen LogP contribution in [0, 0.1) is 5.92 Å². The molecule has 2 aliphatic heterocycles. The summed E-state index contributed by atoms with van der Waals surface area (Å²) in [6, 6.07) is 8.13. The van der Waals surface area contributed by atoms with Crippen LogP contribution in [0.5, 0.6) is 0 Å². The number of hydrogen-bond acceptors (Lipinski definition) is 2. The molecule has 0 bridgehead atoms. The Bertz CT molecular complexity index is 503. The van der Waals surface area contributed by atoms with E-state index >= 15 is 0 Å². The first-order valence-corrected chi connectivity index (χ1v) is 8.80. The van der Waals surface area contributed by atoms with Gasteiger partial charge in [0.1, 0.15) is 6.61 Å². The van der Waals surface area contributed by atoms with Crippen LogP contribution in [0.2, 0.25) is 0 Å². The molecule has 0 aliphatic carbocycles. The summed E-state index contributed by atoms with van der Waals surface area (Å²) in [5.74, 6) is 0.351. The van der Waals surface area contributed by atoms with Crippen molar-refractivity contribution in [1.29, 1.82) is 0 Å². The average molecular weight is 353 g/mol. The number of quaternary nitrogens is 1. The number of fused-ring (bicyclic) bond motifs is 1. The highest BCUT2D eigenvalue weighted by atomic mass is 79.9. The fourth-order valence-corrected chi connectivity index (χ4v) is 4.26. The summed E-state index contributed by atoms with van der Waals surface area (Å²) < 4.78 is 6.51. The van der Waals surface area contributed by atoms with E-state index < -0.39 is 0 Å². The quantitative estimate of drug-likeness (QED) is 0.847. The predicted molar refractivity (Wildman–Crippen MR) is 85.5 cm³/mol. The molecule has 3 rings (SSSR count). The number of carbonyl (C=O) groups is 1. The number of piperidine rings is 2. The van der Waals surface area contributed by atoms with Gasteiger partial charge in [0.2, 0.25) is 0 Å². The molecule has 0 aromatic heterocycles. The van der Waals surface area contributed by atoms with Gasteiger partial charge in [0.25, 0.3) is 0 Å². The molecule has 0 amide bonds. The van der Waals surface area contributed by atoms with Crippen molar-refractivity contribution in [2.45, 2.75) is 38.1 Å². The lowest BCUT2D eigenvalue weighted by atomic mass is 9.84. The van der Waals surface area contributed by atoms with E-state index in [2.05, 4.69) is 15.9 Å². The number of benzene rings is 1. The average Bonchev–Trinajstić information content (AvgIpc) is 2.52. The van der Waals surface area contributed by atoms with Crippen LogP contribution in [0.25, 0.3) is 0 Å². The van der Waals surface area contributed by atoms with Gasteiger partial charge < -0.3 is 9.64 Å². The van der Waals surface area contributed by atoms with Crippen LogP contribution in [0.15, 0.2) is 28.7 Å². The van der Waals surface area contributed by atoms with E-state index in [4.69, 9.17) is 4.74 Å². The summed E-state index contributed by atoms with van der Waals surface area (Å²) in [6.07, 6.45) is 6.47. The van der Waals surface area contributed by atoms with Crippen molar-refractivity contribution in [3.8, 4) is 0 Å². The van der Waals surface area contributed by atoms with Crippen molar-refractivity contribution in [2.75, 3.05) is 19.7 Å². The van der Waals surface area contributed by atoms with Gasteiger partial charge in [-0.25, -0.2) is 4.79 Å². The number of hydrogen-bond donors (Lipinski definition) is 1. The first-order valence-electron chi connectivity index (χ1n) is 8.01. The van der Waals surface area contributed by atoms with E-state index in [1.165, 1.54) is 45.2 Å². The number of halogens is 1. The van der Waals surface area contributed by atoms with E-state index in [1.54, 1.807) is 4.90 Å². The number of ether oxygens (including phenoxy) is 1. The van der Waals surface area contributed by atoms with Crippen molar-refractivity contribution >= 4 is 21.9 Å². The highest BCUT2D eigenvalue weighted by Crippen LogP contribution is 2.21. The van der Waals surface area contributed by atoms with E-state index in [0.717, 1.165) is 4.47 Å². The molecule has 3 nitrogen and oxygen atoms in total. The van der Waals surface area contributed by atoms with E-state index in [9.17, 15) is 4.79 Å². The molecule has 4 heteroatoms. The van der Waals surface area contributed by atoms with E-state index in [0.29, 0.717) is 24.1 Å². The fraction of sp³-hybridized carbons (Fsp3) is 0.588. The fourth-order valence-electron chi connectivity index (χ4n) is 3.86. The Morgan fingerprint density at radius 3 is 2.95 bits per heavy atom. The molecule has 2 fully saturated rings. The van der Waals surface area contributed by atoms with Crippen LogP contribution in [0.1, 0.15) is 42.5 Å². The van der Waals surface area contributed by atoms with Gasteiger partial charge in [-0.05, 0) is 50.3 Å². The molecule has 0 spiro atoms. The van der Waals surface area contributed by atoms with Crippen LogP contribution in [-0.4, -0.2) is 31.7 Å². The Morgan fingerprint density at radius 2 is 2.10 bits per heavy atom. The van der Waals surface area contributed by atoms with Crippen LogP contribution in [-0.2, 0) is 4.74 Å². The van der Waals surface area contributed by atoms with Gasteiger partial charge in [-0.15, -0.1) is 0 Å². The highest BCUT2D eigenvalue weighted by molar-refractivity contribution is 9.10. The monoisotopic (exact) mass is 352 g/mol. The lowest BCUT2D eigenvalue weighted by Crippen LogP contribution is -3.18. The Morgan fingerprint density at radius 1 is 1.24 bits per heavy atom. The number of rotatable bonds is 3. The first-order chi connectivity index (χ1) is 10.2. The topological polar surface area (TPSA) is 30.7 Å². The van der Waals surface area contributed by atoms with Crippen molar-refractivity contribution in [2.24, 2.45) is 5.92 Å². The third kappa shape index (κ3) is 3.67. The van der Waals surface area contributed by atoms with E-state index in [1.807, 2.05) is 24.3 Å². The first kappa shape index (κ1) is 15.0. The molecule has 1 unspecified atom stereocenters. The molecule has 2 saturated heterocycles. The largest absolute Gasteiger partial charge is 0.462 e. The normalized spacial score (nSPS) is 28.7. The standard InChI is InChI=1S/C17H22BrNO2/c18-15-7-3-5-13(11-15)17(20)21-12-14-6-4-10-19-9-2-1-8-16(14)19/h3,5,7,11,14,16H,1-2,4,6,8-10,12H2/p+1/t14-,16-/m1/s1. The summed E-state index contributed by atoms with van der Waals surface area (Å²) in [7, 11) is 0. The summed E-state index contributed by atoms with van der Waals surface area (Å²) in [5, 5.41) is 0. The minimum atomic E-state index is -0.195. The zero-order chi connectivity index (χ0) is 14.7. The number of esters is 1. The smallest absolute Gasteiger partial charge is 0.338 e. The zero-order valence-electron chi connectivity index (χ0n) is 12.3. The van der Waals surface area contributed by atoms with Crippen LogP contribution in [0.3, 0.4) is 0 Å². The van der Waals surface area contributed by atoms with Gasteiger partial charge in [-0.1, -0.05) is 22.0 Å². The Balaban J connectivity index is 1.57. The number of nitrogens with one attached hydrogen (secondary N) is 1. The molecule has 2 aliphatic rings. The van der Waals surface area contributed by atoms with Crippen molar-refractivity contribution in [3.05, 3.63) is 34.3 Å². The van der Waals surface area contributed by atoms with Crippen LogP contribution in [0.4, 0.5) is 0 Å². The SMILES string of the molecule is O=C(OC[C@H]1CCC[NH+]2CCCC[C@H]12)c1cccc(Br)c1. The predicted octanol–water partition coefficient (Wildman–Crippen LogP) is 2.45. The summed E-state index contributed by atoms with van der Waals surface area (Å²) in [6.45, 7) is 3.20. The van der Waals surface area contributed by atoms with Gasteiger partial charge in [0.15, 0.2) is 0 Å². The highest BCUT2D eigenvalue weighted by Gasteiger charge is 2.37. The third-order valence-electron chi connectivity index (χ3n) is 4.92. The molecule has 114 valence electrons. The van der Waals surface area contributed by atoms with E-state index in [-0.39, 0.29) is 5.97 Å². The Kier molecular flexibility index (Phi) is 4.96. The summed E-state index contributed by atoms with van der Waals surface area (Å²) in [4.78, 5) is 13.9. The third-order valence-corrected chi connectivity index (χ3v) is 5.41. The minimum Gasteiger partial charge on any atom is -0.462 e. The number of carbonyl (C=O) groups excluding carboxylic acids is 1. The molecule has 3 atom stereocenters. The molecule has 2 heterocycles. The molecule has 0 saturated carbocycles. The maximum atomic E-state index is 12.1. The lowest BCUT2D eigenvalue weighted by Gasteiger charge is -2.40. The van der Waals surface area contributed by atoms with Crippen LogP contribution < -0.4 is 4.90 Å². The lowest BCUT2D eigenvalue weighted by molar-refractivity contribution is -0.940. The molecule has 1 aromatic carbocycles. The Hall–Kier alpha value is -0.870. The molecule has 21 heavy (non-hydrogen) atoms. The van der Waals surface area contributed by atoms with Gasteiger partial charge in [-0.2, -0.15) is 0 Å². The van der Waals surface area contributed by atoms with Crippen molar-refractivity contribution < 1.29 is 14.4 Å². The van der Waals surface area contributed by atoms with Crippen molar-refractivity contribution in [1.82, 2.24) is 0 Å². The maximum absolute atomic E-state index is 12.1.